The molecule has 0 spiro atoms. The number of rotatable bonds is 6. The van der Waals surface area contributed by atoms with Gasteiger partial charge in [-0.3, -0.25) is 0 Å². The van der Waals surface area contributed by atoms with Gasteiger partial charge < -0.3 is 5.32 Å². The normalized spacial score (nSPS) is 17.4. The van der Waals surface area contributed by atoms with E-state index in [1.807, 2.05) is 19.4 Å². The number of sulfonamides is 1. The molecular formula is C13H22N2O2S2. The molecule has 1 aliphatic carbocycles. The first kappa shape index (κ1) is 15.0. The zero-order valence-corrected chi connectivity index (χ0v) is 13.2. The van der Waals surface area contributed by atoms with Crippen LogP contribution in [0.3, 0.4) is 0 Å². The first-order valence-electron chi connectivity index (χ1n) is 6.83. The van der Waals surface area contributed by atoms with Gasteiger partial charge in [-0.05, 0) is 36.9 Å². The summed E-state index contributed by atoms with van der Waals surface area (Å²) >= 11 is 1.33. The van der Waals surface area contributed by atoms with Crippen LogP contribution in [-0.4, -0.2) is 32.4 Å². The summed E-state index contributed by atoms with van der Waals surface area (Å²) in [6, 6.07) is 2.00. The topological polar surface area (TPSA) is 49.4 Å². The zero-order valence-electron chi connectivity index (χ0n) is 11.6. The maximum atomic E-state index is 12.7. The van der Waals surface area contributed by atoms with Crippen LogP contribution in [0.25, 0.3) is 0 Å². The van der Waals surface area contributed by atoms with Gasteiger partial charge in [0.15, 0.2) is 0 Å². The van der Waals surface area contributed by atoms with E-state index in [0.29, 0.717) is 17.3 Å². The maximum absolute atomic E-state index is 12.7. The van der Waals surface area contributed by atoms with Crippen LogP contribution in [0, 0.1) is 0 Å². The van der Waals surface area contributed by atoms with Crippen LogP contribution in [0.1, 0.15) is 38.2 Å². The summed E-state index contributed by atoms with van der Waals surface area (Å²) < 4.78 is 27.5. The molecule has 6 heteroatoms. The SMILES string of the molecule is CCN(C1CCCC1)S(=O)(=O)c1cc(CNC)cs1. The number of thiophene rings is 1. The van der Waals surface area contributed by atoms with Crippen molar-refractivity contribution in [1.82, 2.24) is 9.62 Å². The predicted molar refractivity (Wildman–Crippen MR) is 78.9 cm³/mol. The van der Waals surface area contributed by atoms with E-state index in [2.05, 4.69) is 5.32 Å². The Kier molecular flexibility index (Phi) is 5.00. The molecule has 1 heterocycles. The van der Waals surface area contributed by atoms with E-state index < -0.39 is 10.0 Å². The molecule has 1 fully saturated rings. The fourth-order valence-electron chi connectivity index (χ4n) is 2.72. The molecule has 0 atom stereocenters. The molecule has 0 radical (unpaired) electrons. The van der Waals surface area contributed by atoms with Crippen LogP contribution in [0.15, 0.2) is 15.7 Å². The monoisotopic (exact) mass is 302 g/mol. The van der Waals surface area contributed by atoms with Gasteiger partial charge >= 0.3 is 0 Å². The van der Waals surface area contributed by atoms with Crippen molar-refractivity contribution in [1.29, 1.82) is 0 Å². The fourth-order valence-corrected chi connectivity index (χ4v) is 5.75. The molecule has 0 saturated heterocycles. The summed E-state index contributed by atoms with van der Waals surface area (Å²) in [6.45, 7) is 3.20. The Bertz CT molecular complexity index is 504. The second-order valence-electron chi connectivity index (χ2n) is 4.95. The quantitative estimate of drug-likeness (QED) is 0.878. The van der Waals surface area contributed by atoms with Gasteiger partial charge in [0, 0.05) is 19.1 Å². The molecule has 0 amide bonds. The summed E-state index contributed by atoms with van der Waals surface area (Å²) in [5.74, 6) is 0. The molecular weight excluding hydrogens is 280 g/mol. The van der Waals surface area contributed by atoms with Gasteiger partial charge in [0.25, 0.3) is 10.0 Å². The van der Waals surface area contributed by atoms with Gasteiger partial charge in [0.05, 0.1) is 0 Å². The molecule has 0 bridgehead atoms. The van der Waals surface area contributed by atoms with E-state index >= 15 is 0 Å². The van der Waals surface area contributed by atoms with E-state index in [-0.39, 0.29) is 6.04 Å². The average Bonchev–Trinajstić information content (AvgIpc) is 3.01. The number of hydrogen-bond donors (Lipinski definition) is 1. The van der Waals surface area contributed by atoms with Gasteiger partial charge in [0.1, 0.15) is 4.21 Å². The lowest BCUT2D eigenvalue weighted by atomic mass is 10.2. The van der Waals surface area contributed by atoms with E-state index in [0.717, 1.165) is 31.2 Å². The average molecular weight is 302 g/mol. The third-order valence-corrected chi connectivity index (χ3v) is 7.11. The van der Waals surface area contributed by atoms with Crippen LogP contribution >= 0.6 is 11.3 Å². The highest BCUT2D eigenvalue weighted by Gasteiger charge is 2.32. The Morgan fingerprint density at radius 1 is 1.42 bits per heavy atom. The number of hydrogen-bond acceptors (Lipinski definition) is 4. The van der Waals surface area contributed by atoms with Crippen molar-refractivity contribution < 1.29 is 8.42 Å². The highest BCUT2D eigenvalue weighted by molar-refractivity contribution is 7.91. The zero-order chi connectivity index (χ0) is 13.9. The minimum Gasteiger partial charge on any atom is -0.316 e. The molecule has 19 heavy (non-hydrogen) atoms. The Morgan fingerprint density at radius 2 is 2.11 bits per heavy atom. The fraction of sp³-hybridized carbons (Fsp3) is 0.692. The van der Waals surface area contributed by atoms with E-state index in [4.69, 9.17) is 0 Å². The van der Waals surface area contributed by atoms with E-state index in [1.165, 1.54) is 11.3 Å². The molecule has 1 aromatic heterocycles. The Hall–Kier alpha value is -0.430. The summed E-state index contributed by atoms with van der Waals surface area (Å²) in [7, 11) is -1.44. The highest BCUT2D eigenvalue weighted by atomic mass is 32.2. The molecule has 1 aromatic rings. The van der Waals surface area contributed by atoms with Crippen molar-refractivity contribution in [3.63, 3.8) is 0 Å². The Morgan fingerprint density at radius 3 is 2.68 bits per heavy atom. The van der Waals surface area contributed by atoms with Gasteiger partial charge in [-0.2, -0.15) is 4.31 Å². The van der Waals surface area contributed by atoms with Gasteiger partial charge in [-0.25, -0.2) is 8.42 Å². The highest BCUT2D eigenvalue weighted by Crippen LogP contribution is 2.30. The second kappa shape index (κ2) is 6.35. The van der Waals surface area contributed by atoms with Crippen LogP contribution in [0.2, 0.25) is 0 Å². The van der Waals surface area contributed by atoms with Crippen LogP contribution in [0.4, 0.5) is 0 Å². The summed E-state index contributed by atoms with van der Waals surface area (Å²) in [6.07, 6.45) is 4.29. The smallest absolute Gasteiger partial charge is 0.252 e. The Labute approximate surface area is 119 Å². The van der Waals surface area contributed by atoms with Crippen molar-refractivity contribution in [3.8, 4) is 0 Å². The maximum Gasteiger partial charge on any atom is 0.252 e. The van der Waals surface area contributed by atoms with Crippen LogP contribution in [-0.2, 0) is 16.6 Å². The van der Waals surface area contributed by atoms with E-state index in [9.17, 15) is 8.42 Å². The molecule has 0 aromatic carbocycles. The van der Waals surface area contributed by atoms with Crippen molar-refractivity contribution in [3.05, 3.63) is 17.0 Å². The van der Waals surface area contributed by atoms with Crippen molar-refractivity contribution in [2.75, 3.05) is 13.6 Å². The molecule has 0 unspecified atom stereocenters. The third-order valence-electron chi connectivity index (χ3n) is 3.62. The lowest BCUT2D eigenvalue weighted by Gasteiger charge is -2.25. The molecule has 1 aliphatic rings. The summed E-state index contributed by atoms with van der Waals surface area (Å²) in [4.78, 5) is 0. The largest absolute Gasteiger partial charge is 0.316 e. The third kappa shape index (κ3) is 3.18. The van der Waals surface area contributed by atoms with Crippen molar-refractivity contribution in [2.24, 2.45) is 0 Å². The van der Waals surface area contributed by atoms with Gasteiger partial charge in [0.2, 0.25) is 0 Å². The first-order valence-corrected chi connectivity index (χ1v) is 9.15. The molecule has 1 N–H and O–H groups in total. The van der Waals surface area contributed by atoms with Gasteiger partial charge in [-0.15, -0.1) is 11.3 Å². The molecule has 4 nitrogen and oxygen atoms in total. The molecule has 0 aliphatic heterocycles. The lowest BCUT2D eigenvalue weighted by Crippen LogP contribution is -2.38. The summed E-state index contributed by atoms with van der Waals surface area (Å²) in [5, 5.41) is 4.97. The lowest BCUT2D eigenvalue weighted by molar-refractivity contribution is 0.336. The number of nitrogens with one attached hydrogen (secondary N) is 1. The van der Waals surface area contributed by atoms with Crippen molar-refractivity contribution >= 4 is 21.4 Å². The van der Waals surface area contributed by atoms with Gasteiger partial charge in [-0.1, -0.05) is 19.8 Å². The predicted octanol–water partition coefficient (Wildman–Crippen LogP) is 2.42. The van der Waals surface area contributed by atoms with Crippen molar-refractivity contribution in [2.45, 2.75) is 49.4 Å². The second-order valence-corrected chi connectivity index (χ2v) is 7.98. The minimum atomic E-state index is -3.31. The standard InChI is InChI=1S/C13H22N2O2S2/c1-3-15(12-6-4-5-7-12)19(16,17)13-8-11(9-14-2)10-18-13/h8,10,12,14H,3-7,9H2,1-2H3. The molecule has 108 valence electrons. The van der Waals surface area contributed by atoms with Crippen LogP contribution in [0.5, 0.6) is 0 Å². The Balaban J connectivity index is 2.23. The molecule has 1 saturated carbocycles. The van der Waals surface area contributed by atoms with Crippen LogP contribution < -0.4 is 5.32 Å². The summed E-state index contributed by atoms with van der Waals surface area (Å²) in [5.41, 5.74) is 1.04. The van der Waals surface area contributed by atoms with E-state index in [1.54, 1.807) is 10.4 Å². The minimum absolute atomic E-state index is 0.199. The molecule has 2 rings (SSSR count). The number of nitrogens with zero attached hydrogens (tertiary/aromatic N) is 1. The first-order chi connectivity index (χ1) is 9.09.